The lowest BCUT2D eigenvalue weighted by molar-refractivity contribution is -0.134. The van der Waals surface area contributed by atoms with Crippen LogP contribution >= 0.6 is 0 Å². The average molecular weight is 254 g/mol. The monoisotopic (exact) mass is 254 g/mol. The quantitative estimate of drug-likeness (QED) is 0.512. The van der Waals surface area contributed by atoms with E-state index in [0.29, 0.717) is 19.8 Å². The van der Waals surface area contributed by atoms with Crippen LogP contribution in [0.1, 0.15) is 6.92 Å². The molecule has 0 unspecified atom stereocenters. The highest BCUT2D eigenvalue weighted by molar-refractivity contribution is 5.84. The molecule has 1 aliphatic heterocycles. The number of carbonyl (C=O) groups is 1. The SMILES string of the molecule is COC(=O)/C=C\n1nnn(CC2(C)COC2)c1=O. The van der Waals surface area contributed by atoms with Gasteiger partial charge in [0.15, 0.2) is 0 Å². The minimum atomic E-state index is -0.559. The maximum atomic E-state index is 11.8. The Morgan fingerprint density at radius 3 is 2.83 bits per heavy atom. The van der Waals surface area contributed by atoms with Crippen LogP contribution in [0, 0.1) is 5.41 Å². The molecule has 0 aromatic carbocycles. The van der Waals surface area contributed by atoms with Crippen molar-refractivity contribution in [2.24, 2.45) is 5.41 Å². The lowest BCUT2D eigenvalue weighted by atomic mass is 9.89. The van der Waals surface area contributed by atoms with Gasteiger partial charge in [0.1, 0.15) is 0 Å². The Kier molecular flexibility index (Phi) is 3.28. The zero-order chi connectivity index (χ0) is 13.2. The first-order chi connectivity index (χ1) is 8.54. The zero-order valence-electron chi connectivity index (χ0n) is 10.2. The van der Waals surface area contributed by atoms with E-state index in [9.17, 15) is 9.59 Å². The van der Waals surface area contributed by atoms with Crippen LogP contribution < -0.4 is 5.69 Å². The van der Waals surface area contributed by atoms with Crippen LogP contribution in [0.5, 0.6) is 0 Å². The first kappa shape index (κ1) is 12.5. The van der Waals surface area contributed by atoms with E-state index in [0.717, 1.165) is 10.8 Å². The third kappa shape index (κ3) is 2.48. The van der Waals surface area contributed by atoms with Crippen LogP contribution in [0.15, 0.2) is 10.9 Å². The summed E-state index contributed by atoms with van der Waals surface area (Å²) in [5.74, 6) is -0.559. The minimum Gasteiger partial charge on any atom is -0.466 e. The molecular weight excluding hydrogens is 240 g/mol. The molecule has 2 heterocycles. The lowest BCUT2D eigenvalue weighted by Gasteiger charge is -2.37. The number of methoxy groups -OCH3 is 1. The zero-order valence-corrected chi connectivity index (χ0v) is 10.2. The molecule has 1 aromatic heterocycles. The Bertz CT molecular complexity index is 526. The molecule has 18 heavy (non-hydrogen) atoms. The highest BCUT2D eigenvalue weighted by atomic mass is 16.5. The van der Waals surface area contributed by atoms with Gasteiger partial charge < -0.3 is 9.47 Å². The molecular formula is C10H14N4O4. The third-order valence-electron chi connectivity index (χ3n) is 2.65. The van der Waals surface area contributed by atoms with Crippen LogP contribution in [0.3, 0.4) is 0 Å². The number of aromatic nitrogens is 4. The number of ether oxygens (including phenoxy) is 2. The molecule has 0 radical (unpaired) electrons. The van der Waals surface area contributed by atoms with Gasteiger partial charge in [-0.2, -0.15) is 9.36 Å². The van der Waals surface area contributed by atoms with Crippen molar-refractivity contribution < 1.29 is 14.3 Å². The molecule has 1 aromatic rings. The van der Waals surface area contributed by atoms with Gasteiger partial charge in [-0.05, 0) is 10.4 Å². The summed E-state index contributed by atoms with van der Waals surface area (Å²) in [4.78, 5) is 22.7. The minimum absolute atomic E-state index is 0.0727. The van der Waals surface area contributed by atoms with Crippen molar-refractivity contribution in [2.45, 2.75) is 13.5 Å². The Labute approximate surface area is 103 Å². The molecule has 0 N–H and O–H groups in total. The van der Waals surface area contributed by atoms with E-state index in [2.05, 4.69) is 15.2 Å². The number of carbonyl (C=O) groups excluding carboxylic acids is 1. The van der Waals surface area contributed by atoms with Crippen molar-refractivity contribution in [2.75, 3.05) is 20.3 Å². The summed E-state index contributed by atoms with van der Waals surface area (Å²) in [5.41, 5.74) is -0.472. The smallest absolute Gasteiger partial charge is 0.367 e. The van der Waals surface area contributed by atoms with Gasteiger partial charge in [0, 0.05) is 17.7 Å². The van der Waals surface area contributed by atoms with Gasteiger partial charge in [-0.3, -0.25) is 0 Å². The van der Waals surface area contributed by atoms with Crippen molar-refractivity contribution in [1.82, 2.24) is 19.8 Å². The van der Waals surface area contributed by atoms with E-state index in [4.69, 9.17) is 4.74 Å². The van der Waals surface area contributed by atoms with Crippen LogP contribution in [0.4, 0.5) is 0 Å². The average Bonchev–Trinajstić information content (AvgIpc) is 2.66. The van der Waals surface area contributed by atoms with E-state index in [1.807, 2.05) is 6.92 Å². The number of esters is 1. The predicted molar refractivity (Wildman–Crippen MR) is 60.6 cm³/mol. The van der Waals surface area contributed by atoms with Gasteiger partial charge in [-0.15, -0.1) is 0 Å². The van der Waals surface area contributed by atoms with Crippen LogP contribution in [0.2, 0.25) is 0 Å². The number of rotatable bonds is 4. The van der Waals surface area contributed by atoms with E-state index >= 15 is 0 Å². The van der Waals surface area contributed by atoms with Crippen LogP contribution in [-0.4, -0.2) is 46.1 Å². The van der Waals surface area contributed by atoms with Gasteiger partial charge in [0.2, 0.25) is 0 Å². The van der Waals surface area contributed by atoms with Crippen LogP contribution in [0.25, 0.3) is 6.20 Å². The van der Waals surface area contributed by atoms with Gasteiger partial charge in [-0.1, -0.05) is 6.92 Å². The summed E-state index contributed by atoms with van der Waals surface area (Å²) >= 11 is 0. The van der Waals surface area contributed by atoms with E-state index in [1.165, 1.54) is 18.0 Å². The fourth-order valence-corrected chi connectivity index (χ4v) is 1.58. The van der Waals surface area contributed by atoms with Crippen molar-refractivity contribution in [3.63, 3.8) is 0 Å². The molecule has 8 nitrogen and oxygen atoms in total. The van der Waals surface area contributed by atoms with Crippen molar-refractivity contribution in [3.8, 4) is 0 Å². The summed E-state index contributed by atoms with van der Waals surface area (Å²) in [7, 11) is 1.25. The molecule has 0 saturated carbocycles. The molecule has 1 saturated heterocycles. The molecule has 2 rings (SSSR count). The second kappa shape index (κ2) is 4.73. The first-order valence-corrected chi connectivity index (χ1v) is 5.40. The fourth-order valence-electron chi connectivity index (χ4n) is 1.58. The summed E-state index contributed by atoms with van der Waals surface area (Å²) < 4.78 is 11.8. The summed E-state index contributed by atoms with van der Waals surface area (Å²) in [6, 6.07) is 0. The molecule has 1 aliphatic rings. The van der Waals surface area contributed by atoms with Gasteiger partial charge >= 0.3 is 11.7 Å². The lowest BCUT2D eigenvalue weighted by Crippen LogP contribution is -2.45. The fraction of sp³-hybridized carbons (Fsp3) is 0.600. The highest BCUT2D eigenvalue weighted by Gasteiger charge is 2.34. The largest absolute Gasteiger partial charge is 0.466 e. The molecule has 0 bridgehead atoms. The van der Waals surface area contributed by atoms with Gasteiger partial charge in [-0.25, -0.2) is 9.59 Å². The molecule has 0 spiro atoms. The molecule has 0 aliphatic carbocycles. The summed E-state index contributed by atoms with van der Waals surface area (Å²) in [6.45, 7) is 3.65. The third-order valence-corrected chi connectivity index (χ3v) is 2.65. The van der Waals surface area contributed by atoms with E-state index < -0.39 is 11.7 Å². The van der Waals surface area contributed by atoms with Crippen molar-refractivity contribution >= 4 is 12.2 Å². The number of tetrazole rings is 1. The molecule has 0 atom stereocenters. The summed E-state index contributed by atoms with van der Waals surface area (Å²) in [5, 5.41) is 7.39. The standard InChI is InChI=1S/C10H14N4O4/c1-10(6-18-7-10)5-14-9(16)13(11-12-14)4-3-8(15)17-2/h3-4H,5-7H2,1-2H3/b4-3-. The molecule has 98 valence electrons. The predicted octanol–water partition coefficient (Wildman–Crippen LogP) is -0.880. The highest BCUT2D eigenvalue weighted by Crippen LogP contribution is 2.27. The Morgan fingerprint density at radius 1 is 1.56 bits per heavy atom. The van der Waals surface area contributed by atoms with E-state index in [-0.39, 0.29) is 5.41 Å². The second-order valence-electron chi connectivity index (χ2n) is 4.51. The number of hydrogen-bond donors (Lipinski definition) is 0. The summed E-state index contributed by atoms with van der Waals surface area (Å²) in [6.07, 6.45) is 2.33. The molecule has 8 heteroatoms. The second-order valence-corrected chi connectivity index (χ2v) is 4.51. The van der Waals surface area contributed by atoms with Gasteiger partial charge in [0.05, 0.1) is 26.9 Å². The normalized spacial score (nSPS) is 17.7. The molecule has 1 fully saturated rings. The Morgan fingerprint density at radius 2 is 2.28 bits per heavy atom. The Hall–Kier alpha value is -1.96. The van der Waals surface area contributed by atoms with Crippen molar-refractivity contribution in [1.29, 1.82) is 0 Å². The first-order valence-electron chi connectivity index (χ1n) is 5.40. The van der Waals surface area contributed by atoms with Crippen LogP contribution in [-0.2, 0) is 20.8 Å². The van der Waals surface area contributed by atoms with Crippen molar-refractivity contribution in [3.05, 3.63) is 16.6 Å². The Balaban J connectivity index is 2.11. The number of nitrogens with zero attached hydrogens (tertiary/aromatic N) is 4. The number of hydrogen-bond acceptors (Lipinski definition) is 6. The topological polar surface area (TPSA) is 88.2 Å². The maximum absolute atomic E-state index is 11.8. The van der Waals surface area contributed by atoms with Gasteiger partial charge in [0.25, 0.3) is 0 Å². The van der Waals surface area contributed by atoms with E-state index in [1.54, 1.807) is 0 Å². The maximum Gasteiger partial charge on any atom is 0.367 e. The molecule has 0 amide bonds.